The Labute approximate surface area is 141 Å². The van der Waals surface area contributed by atoms with Crippen LogP contribution in [0.1, 0.15) is 30.3 Å². The third-order valence-corrected chi connectivity index (χ3v) is 4.31. The Hall–Kier alpha value is -2.34. The Morgan fingerprint density at radius 3 is 2.58 bits per heavy atom. The number of aromatic nitrogens is 2. The maximum Gasteiger partial charge on any atom is 0.163 e. The molecule has 2 aliphatic rings. The van der Waals surface area contributed by atoms with Gasteiger partial charge in [-0.3, -0.25) is 0 Å². The highest BCUT2D eigenvalue weighted by atomic mass is 16.6. The number of aryl methyl sites for hydroxylation is 1. The minimum absolute atomic E-state index is 0.446. The molecule has 0 saturated carbocycles. The second-order valence-corrected chi connectivity index (χ2v) is 6.10. The molecule has 1 saturated heterocycles. The van der Waals surface area contributed by atoms with E-state index in [0.29, 0.717) is 19.1 Å². The van der Waals surface area contributed by atoms with Gasteiger partial charge < -0.3 is 19.5 Å². The highest BCUT2D eigenvalue weighted by Gasteiger charge is 2.19. The van der Waals surface area contributed by atoms with Crippen LogP contribution >= 0.6 is 0 Å². The van der Waals surface area contributed by atoms with E-state index in [0.717, 1.165) is 60.6 Å². The Kier molecular flexibility index (Phi) is 4.21. The van der Waals surface area contributed by atoms with Gasteiger partial charge in [0.05, 0.1) is 0 Å². The molecule has 6 heteroatoms. The number of hydrogen-bond acceptors (Lipinski definition) is 6. The van der Waals surface area contributed by atoms with Crippen molar-refractivity contribution in [1.82, 2.24) is 9.97 Å². The van der Waals surface area contributed by atoms with Gasteiger partial charge in [0.2, 0.25) is 0 Å². The maximum absolute atomic E-state index is 5.63. The molecule has 1 N–H and O–H groups in total. The van der Waals surface area contributed by atoms with Gasteiger partial charge in [0.1, 0.15) is 24.9 Å². The quantitative estimate of drug-likeness (QED) is 0.934. The third kappa shape index (κ3) is 3.28. The predicted molar refractivity (Wildman–Crippen MR) is 90.3 cm³/mol. The highest BCUT2D eigenvalue weighted by Crippen LogP contribution is 2.34. The van der Waals surface area contributed by atoms with Crippen molar-refractivity contribution in [1.29, 1.82) is 0 Å². The zero-order valence-corrected chi connectivity index (χ0v) is 13.7. The summed E-state index contributed by atoms with van der Waals surface area (Å²) in [4.78, 5) is 9.13. The summed E-state index contributed by atoms with van der Waals surface area (Å²) in [6.07, 6.45) is 2.03. The zero-order chi connectivity index (χ0) is 16.4. The molecule has 1 aromatic heterocycles. The van der Waals surface area contributed by atoms with Crippen molar-refractivity contribution in [2.75, 3.05) is 31.7 Å². The molecule has 1 fully saturated rings. The first kappa shape index (κ1) is 15.2. The molecule has 2 aliphatic heterocycles. The lowest BCUT2D eigenvalue weighted by Gasteiger charge is -2.22. The minimum Gasteiger partial charge on any atom is -0.486 e. The van der Waals surface area contributed by atoms with Gasteiger partial charge in [-0.25, -0.2) is 9.97 Å². The summed E-state index contributed by atoms with van der Waals surface area (Å²) in [5.41, 5.74) is 2.01. The van der Waals surface area contributed by atoms with Crippen LogP contribution in [0.15, 0.2) is 24.3 Å². The van der Waals surface area contributed by atoms with Gasteiger partial charge in [-0.05, 0) is 31.9 Å². The van der Waals surface area contributed by atoms with E-state index >= 15 is 0 Å². The topological polar surface area (TPSA) is 65.5 Å². The smallest absolute Gasteiger partial charge is 0.163 e. The summed E-state index contributed by atoms with van der Waals surface area (Å²) in [5.74, 6) is 3.58. The van der Waals surface area contributed by atoms with Crippen LogP contribution in [-0.2, 0) is 4.74 Å². The Balaban J connectivity index is 1.56. The van der Waals surface area contributed by atoms with Gasteiger partial charge in [0, 0.05) is 42.6 Å². The number of benzene rings is 1. The molecule has 126 valence electrons. The van der Waals surface area contributed by atoms with E-state index in [9.17, 15) is 0 Å². The minimum atomic E-state index is 0.446. The number of rotatable bonds is 3. The maximum atomic E-state index is 5.63. The van der Waals surface area contributed by atoms with Crippen molar-refractivity contribution >= 4 is 11.5 Å². The average Bonchev–Trinajstić information content (AvgIpc) is 2.62. The lowest BCUT2D eigenvalue weighted by molar-refractivity contribution is 0.0844. The second kappa shape index (κ2) is 6.65. The van der Waals surface area contributed by atoms with Gasteiger partial charge in [0.25, 0.3) is 0 Å². The lowest BCUT2D eigenvalue weighted by Crippen LogP contribution is -2.16. The number of nitrogens with zero attached hydrogens (tertiary/aromatic N) is 2. The normalized spacial score (nSPS) is 17.5. The van der Waals surface area contributed by atoms with E-state index in [-0.39, 0.29) is 0 Å². The molecule has 0 bridgehead atoms. The highest BCUT2D eigenvalue weighted by molar-refractivity contribution is 5.61. The molecule has 24 heavy (non-hydrogen) atoms. The van der Waals surface area contributed by atoms with Gasteiger partial charge in [-0.15, -0.1) is 0 Å². The Morgan fingerprint density at radius 2 is 1.75 bits per heavy atom. The molecule has 0 unspecified atom stereocenters. The summed E-state index contributed by atoms with van der Waals surface area (Å²) in [6, 6.07) is 7.88. The first-order valence-corrected chi connectivity index (χ1v) is 8.38. The van der Waals surface area contributed by atoms with Crippen LogP contribution in [0.5, 0.6) is 11.5 Å². The Morgan fingerprint density at radius 1 is 0.958 bits per heavy atom. The summed E-state index contributed by atoms with van der Waals surface area (Å²) in [6.45, 7) is 4.71. The molecule has 6 nitrogen and oxygen atoms in total. The van der Waals surface area contributed by atoms with Gasteiger partial charge in [-0.1, -0.05) is 0 Å². The van der Waals surface area contributed by atoms with E-state index in [1.54, 1.807) is 0 Å². The standard InChI is InChI=1S/C18H21N3O3/c1-12-19-15(13-4-6-22-7-5-13)11-18(20-12)21-14-2-3-16-17(10-14)24-9-8-23-16/h2-3,10-11,13H,4-9H2,1H3,(H,19,20,21). The molecule has 0 radical (unpaired) electrons. The predicted octanol–water partition coefficient (Wildman–Crippen LogP) is 3.19. The van der Waals surface area contributed by atoms with Gasteiger partial charge in [0.15, 0.2) is 11.5 Å². The summed E-state index contributed by atoms with van der Waals surface area (Å²) in [7, 11) is 0. The van der Waals surface area contributed by atoms with Crippen LogP contribution in [-0.4, -0.2) is 36.4 Å². The SMILES string of the molecule is Cc1nc(Nc2ccc3c(c2)OCCO3)cc(C2CCOCC2)n1. The molecule has 0 spiro atoms. The molecular formula is C18H21N3O3. The first-order chi connectivity index (χ1) is 11.8. The van der Waals surface area contributed by atoms with Crippen molar-refractivity contribution in [3.63, 3.8) is 0 Å². The van der Waals surface area contributed by atoms with E-state index in [4.69, 9.17) is 14.2 Å². The van der Waals surface area contributed by atoms with Crippen LogP contribution in [0.4, 0.5) is 11.5 Å². The molecule has 2 aromatic rings. The fourth-order valence-corrected chi connectivity index (χ4v) is 3.13. The fourth-order valence-electron chi connectivity index (χ4n) is 3.13. The van der Waals surface area contributed by atoms with Crippen molar-refractivity contribution in [2.45, 2.75) is 25.7 Å². The largest absolute Gasteiger partial charge is 0.486 e. The van der Waals surface area contributed by atoms with Crippen molar-refractivity contribution in [2.24, 2.45) is 0 Å². The van der Waals surface area contributed by atoms with Gasteiger partial charge >= 0.3 is 0 Å². The molecule has 0 aliphatic carbocycles. The molecule has 1 aromatic carbocycles. The van der Waals surface area contributed by atoms with Crippen LogP contribution in [0, 0.1) is 6.92 Å². The number of fused-ring (bicyclic) bond motifs is 1. The molecule has 4 rings (SSSR count). The van der Waals surface area contributed by atoms with Crippen molar-refractivity contribution in [3.8, 4) is 11.5 Å². The lowest BCUT2D eigenvalue weighted by atomic mass is 9.96. The fraction of sp³-hybridized carbons (Fsp3) is 0.444. The average molecular weight is 327 g/mol. The molecule has 3 heterocycles. The number of hydrogen-bond donors (Lipinski definition) is 1. The molecule has 0 amide bonds. The van der Waals surface area contributed by atoms with Crippen LogP contribution in [0.2, 0.25) is 0 Å². The second-order valence-electron chi connectivity index (χ2n) is 6.10. The van der Waals surface area contributed by atoms with Crippen molar-refractivity contribution in [3.05, 3.63) is 35.8 Å². The summed E-state index contributed by atoms with van der Waals surface area (Å²) < 4.78 is 16.6. The number of ether oxygens (including phenoxy) is 3. The van der Waals surface area contributed by atoms with Crippen LogP contribution in [0.25, 0.3) is 0 Å². The molecular weight excluding hydrogens is 306 g/mol. The Bertz CT molecular complexity index is 729. The molecule has 0 atom stereocenters. The van der Waals surface area contributed by atoms with Crippen molar-refractivity contribution < 1.29 is 14.2 Å². The number of nitrogens with one attached hydrogen (secondary N) is 1. The van der Waals surface area contributed by atoms with E-state index in [2.05, 4.69) is 15.3 Å². The third-order valence-electron chi connectivity index (χ3n) is 4.31. The first-order valence-electron chi connectivity index (χ1n) is 8.38. The van der Waals surface area contributed by atoms with Crippen LogP contribution < -0.4 is 14.8 Å². The van der Waals surface area contributed by atoms with E-state index in [1.165, 1.54) is 0 Å². The van der Waals surface area contributed by atoms with E-state index < -0.39 is 0 Å². The van der Waals surface area contributed by atoms with E-state index in [1.807, 2.05) is 31.2 Å². The van der Waals surface area contributed by atoms with Gasteiger partial charge in [-0.2, -0.15) is 0 Å². The van der Waals surface area contributed by atoms with Crippen LogP contribution in [0.3, 0.4) is 0 Å². The number of anilines is 2. The zero-order valence-electron chi connectivity index (χ0n) is 13.7. The monoisotopic (exact) mass is 327 g/mol. The summed E-state index contributed by atoms with van der Waals surface area (Å²) in [5, 5.41) is 3.36. The summed E-state index contributed by atoms with van der Waals surface area (Å²) >= 11 is 0.